The van der Waals surface area contributed by atoms with Crippen LogP contribution in [0.5, 0.6) is 0 Å². The number of hydrogen-bond donors (Lipinski definition) is 2. The number of nitrogens with zero attached hydrogens (tertiary/aromatic N) is 1. The monoisotopic (exact) mass is 243 g/mol. The van der Waals surface area contributed by atoms with E-state index in [4.69, 9.17) is 0 Å². The Morgan fingerprint density at radius 1 is 1.29 bits per heavy atom. The van der Waals surface area contributed by atoms with Gasteiger partial charge in [0.25, 0.3) is 0 Å². The number of aryl methyl sites for hydroxylation is 1. The molecule has 1 aliphatic heterocycles. The Morgan fingerprint density at radius 2 is 2.18 bits per heavy atom. The maximum atomic E-state index is 4.19. The SMILES string of the molecule is Cc1ccccc1SC1=CC2=NNNC2C=C1. The van der Waals surface area contributed by atoms with Crippen molar-refractivity contribution in [1.29, 1.82) is 0 Å². The first-order valence-corrected chi connectivity index (χ1v) is 6.36. The first-order valence-electron chi connectivity index (χ1n) is 5.54. The van der Waals surface area contributed by atoms with Crippen molar-refractivity contribution in [3.8, 4) is 0 Å². The average Bonchev–Trinajstić information content (AvgIpc) is 2.79. The van der Waals surface area contributed by atoms with Gasteiger partial charge in [0.2, 0.25) is 0 Å². The number of hydrazine groups is 1. The Morgan fingerprint density at radius 3 is 3.06 bits per heavy atom. The van der Waals surface area contributed by atoms with Crippen molar-refractivity contribution in [2.45, 2.75) is 17.9 Å². The van der Waals surface area contributed by atoms with Gasteiger partial charge in [0.15, 0.2) is 0 Å². The molecule has 0 fully saturated rings. The summed E-state index contributed by atoms with van der Waals surface area (Å²) in [7, 11) is 0. The number of benzene rings is 1. The van der Waals surface area contributed by atoms with Crippen molar-refractivity contribution in [2.75, 3.05) is 0 Å². The van der Waals surface area contributed by atoms with E-state index in [1.807, 2.05) is 0 Å². The smallest absolute Gasteiger partial charge is 0.0899 e. The molecule has 1 aliphatic carbocycles. The highest BCUT2D eigenvalue weighted by molar-refractivity contribution is 8.03. The summed E-state index contributed by atoms with van der Waals surface area (Å²) in [5.74, 6) is 0. The molecule has 17 heavy (non-hydrogen) atoms. The van der Waals surface area contributed by atoms with Crippen molar-refractivity contribution in [3.63, 3.8) is 0 Å². The van der Waals surface area contributed by atoms with E-state index in [0.717, 1.165) is 5.71 Å². The van der Waals surface area contributed by atoms with Gasteiger partial charge in [-0.05, 0) is 24.6 Å². The molecule has 0 amide bonds. The Kier molecular flexibility index (Phi) is 2.74. The first-order chi connectivity index (χ1) is 8.33. The molecular formula is C13H13N3S. The Hall–Kier alpha value is -1.52. The van der Waals surface area contributed by atoms with E-state index >= 15 is 0 Å². The fraction of sp³-hybridized carbons (Fsp3) is 0.154. The zero-order valence-corrected chi connectivity index (χ0v) is 10.3. The molecule has 1 heterocycles. The lowest BCUT2D eigenvalue weighted by Gasteiger charge is -2.12. The number of allylic oxidation sites excluding steroid dienone is 1. The van der Waals surface area contributed by atoms with E-state index in [-0.39, 0.29) is 6.04 Å². The number of rotatable bonds is 2. The normalized spacial score (nSPS) is 21.6. The maximum absolute atomic E-state index is 4.19. The van der Waals surface area contributed by atoms with E-state index in [1.54, 1.807) is 11.8 Å². The van der Waals surface area contributed by atoms with Gasteiger partial charge in [0.05, 0.1) is 11.8 Å². The largest absolute Gasteiger partial charge is 0.242 e. The maximum Gasteiger partial charge on any atom is 0.0899 e. The summed E-state index contributed by atoms with van der Waals surface area (Å²) in [5.41, 5.74) is 8.20. The lowest BCUT2D eigenvalue weighted by molar-refractivity contribution is 0.608. The summed E-state index contributed by atoms with van der Waals surface area (Å²) in [6.45, 7) is 2.13. The first kappa shape index (κ1) is 10.6. The van der Waals surface area contributed by atoms with Gasteiger partial charge in [-0.2, -0.15) is 5.10 Å². The summed E-state index contributed by atoms with van der Waals surface area (Å²) in [6, 6.07) is 8.63. The molecule has 4 heteroatoms. The molecule has 3 rings (SSSR count). The molecule has 1 aromatic carbocycles. The number of fused-ring (bicyclic) bond motifs is 1. The summed E-state index contributed by atoms with van der Waals surface area (Å²) >= 11 is 1.78. The van der Waals surface area contributed by atoms with Crippen LogP contribution in [-0.2, 0) is 0 Å². The van der Waals surface area contributed by atoms with Gasteiger partial charge in [-0.3, -0.25) is 0 Å². The minimum atomic E-state index is 0.219. The molecule has 0 aromatic heterocycles. The molecule has 1 unspecified atom stereocenters. The highest BCUT2D eigenvalue weighted by Crippen LogP contribution is 2.31. The Bertz CT molecular complexity index is 531. The third-order valence-electron chi connectivity index (χ3n) is 2.79. The third-order valence-corrected chi connectivity index (χ3v) is 3.96. The van der Waals surface area contributed by atoms with Gasteiger partial charge < -0.3 is 0 Å². The zero-order valence-electron chi connectivity index (χ0n) is 9.47. The van der Waals surface area contributed by atoms with Crippen LogP contribution in [0.2, 0.25) is 0 Å². The standard InChI is InChI=1S/C13H13N3S/c1-9-4-2-3-5-13(9)17-10-6-7-11-12(8-10)15-16-14-11/h2-8,11,14,16H,1H3. The number of nitrogens with one attached hydrogen (secondary N) is 2. The van der Waals surface area contributed by atoms with Gasteiger partial charge in [0, 0.05) is 9.80 Å². The fourth-order valence-corrected chi connectivity index (χ4v) is 2.78. The molecule has 2 aliphatic rings. The predicted molar refractivity (Wildman–Crippen MR) is 71.8 cm³/mol. The van der Waals surface area contributed by atoms with E-state index in [0.29, 0.717) is 0 Å². The second kappa shape index (κ2) is 4.39. The molecular weight excluding hydrogens is 230 g/mol. The molecule has 2 N–H and O–H groups in total. The molecule has 0 radical (unpaired) electrons. The van der Waals surface area contributed by atoms with E-state index in [9.17, 15) is 0 Å². The summed E-state index contributed by atoms with van der Waals surface area (Å²) in [6.07, 6.45) is 6.38. The fourth-order valence-electron chi connectivity index (χ4n) is 1.82. The second-order valence-corrected chi connectivity index (χ2v) is 5.16. The molecule has 0 spiro atoms. The minimum absolute atomic E-state index is 0.219. The second-order valence-electron chi connectivity index (χ2n) is 4.04. The van der Waals surface area contributed by atoms with Crippen LogP contribution in [0.4, 0.5) is 0 Å². The lowest BCUT2D eigenvalue weighted by atomic mass is 10.1. The van der Waals surface area contributed by atoms with Crippen LogP contribution in [0.1, 0.15) is 5.56 Å². The van der Waals surface area contributed by atoms with Crippen LogP contribution in [-0.4, -0.2) is 11.8 Å². The van der Waals surface area contributed by atoms with Gasteiger partial charge in [-0.15, -0.1) is 0 Å². The van der Waals surface area contributed by atoms with Gasteiger partial charge in [-0.1, -0.05) is 42.1 Å². The molecule has 0 saturated heterocycles. The van der Waals surface area contributed by atoms with E-state index < -0.39 is 0 Å². The van der Waals surface area contributed by atoms with Crippen LogP contribution in [0.15, 0.2) is 57.4 Å². The molecule has 3 nitrogen and oxygen atoms in total. The van der Waals surface area contributed by atoms with Crippen LogP contribution >= 0.6 is 11.8 Å². The van der Waals surface area contributed by atoms with Crippen LogP contribution < -0.4 is 11.0 Å². The highest BCUT2D eigenvalue weighted by Gasteiger charge is 2.19. The average molecular weight is 243 g/mol. The van der Waals surface area contributed by atoms with E-state index in [2.05, 4.69) is 65.5 Å². The predicted octanol–water partition coefficient (Wildman–Crippen LogP) is 2.37. The Balaban J connectivity index is 1.83. The van der Waals surface area contributed by atoms with E-state index in [1.165, 1.54) is 15.4 Å². The van der Waals surface area contributed by atoms with Crippen LogP contribution in [0, 0.1) is 6.92 Å². The van der Waals surface area contributed by atoms with Crippen LogP contribution in [0.25, 0.3) is 0 Å². The highest BCUT2D eigenvalue weighted by atomic mass is 32.2. The molecule has 86 valence electrons. The number of hydrazone groups is 1. The molecule has 0 saturated carbocycles. The Labute approximate surface area is 105 Å². The van der Waals surface area contributed by atoms with Crippen molar-refractivity contribution in [2.24, 2.45) is 5.10 Å². The topological polar surface area (TPSA) is 36.4 Å². The van der Waals surface area contributed by atoms with Crippen molar-refractivity contribution >= 4 is 17.5 Å². The van der Waals surface area contributed by atoms with Gasteiger partial charge >= 0.3 is 0 Å². The van der Waals surface area contributed by atoms with Crippen molar-refractivity contribution < 1.29 is 0 Å². The number of hydrogen-bond acceptors (Lipinski definition) is 4. The quantitative estimate of drug-likeness (QED) is 0.837. The summed E-state index contributed by atoms with van der Waals surface area (Å²) < 4.78 is 0. The third kappa shape index (κ3) is 2.14. The van der Waals surface area contributed by atoms with Crippen molar-refractivity contribution in [1.82, 2.24) is 11.0 Å². The minimum Gasteiger partial charge on any atom is -0.242 e. The van der Waals surface area contributed by atoms with Crippen LogP contribution in [0.3, 0.4) is 0 Å². The lowest BCUT2D eigenvalue weighted by Crippen LogP contribution is -2.33. The molecule has 1 atom stereocenters. The van der Waals surface area contributed by atoms with Gasteiger partial charge in [-0.25, -0.2) is 11.0 Å². The number of thioether (sulfide) groups is 1. The van der Waals surface area contributed by atoms with Gasteiger partial charge in [0.1, 0.15) is 0 Å². The van der Waals surface area contributed by atoms with Crippen molar-refractivity contribution in [3.05, 3.63) is 53.0 Å². The summed E-state index contributed by atoms with van der Waals surface area (Å²) in [5, 5.41) is 4.19. The zero-order chi connectivity index (χ0) is 11.7. The molecule has 1 aromatic rings. The molecule has 0 bridgehead atoms. The summed E-state index contributed by atoms with van der Waals surface area (Å²) in [4.78, 5) is 2.51.